The van der Waals surface area contributed by atoms with Gasteiger partial charge in [0.2, 0.25) is 0 Å². The summed E-state index contributed by atoms with van der Waals surface area (Å²) in [6.07, 6.45) is 0. The third-order valence-corrected chi connectivity index (χ3v) is 7.52. The molecule has 9 heteroatoms. The molecule has 0 radical (unpaired) electrons. The summed E-state index contributed by atoms with van der Waals surface area (Å²) in [6.45, 7) is 5.68. The van der Waals surface area contributed by atoms with Gasteiger partial charge < -0.3 is 19.3 Å². The minimum atomic E-state index is -3.82. The van der Waals surface area contributed by atoms with E-state index >= 15 is 0 Å². The number of fused-ring (bicyclic) bond motifs is 1. The average Bonchev–Trinajstić information content (AvgIpc) is 2.88. The summed E-state index contributed by atoms with van der Waals surface area (Å²) in [5.41, 5.74) is 3.29. The summed E-state index contributed by atoms with van der Waals surface area (Å²) in [6, 6.07) is 19.4. The lowest BCUT2D eigenvalue weighted by Gasteiger charge is -2.36. The summed E-state index contributed by atoms with van der Waals surface area (Å²) in [5, 5.41) is 0. The number of nitrogens with zero attached hydrogens (tertiary/aromatic N) is 2. The van der Waals surface area contributed by atoms with E-state index in [9.17, 15) is 13.2 Å². The van der Waals surface area contributed by atoms with Gasteiger partial charge in [-0.3, -0.25) is 9.52 Å². The second-order valence-corrected chi connectivity index (χ2v) is 10.3. The number of rotatable bonds is 5. The molecule has 5 rings (SSSR count). The van der Waals surface area contributed by atoms with Gasteiger partial charge in [0.05, 0.1) is 4.90 Å². The third-order valence-electron chi connectivity index (χ3n) is 6.14. The molecule has 0 bridgehead atoms. The van der Waals surface area contributed by atoms with E-state index < -0.39 is 10.0 Å². The van der Waals surface area contributed by atoms with Crippen LogP contribution in [0.1, 0.15) is 15.9 Å². The molecule has 0 aliphatic carbocycles. The molecule has 0 atom stereocenters. The molecule has 8 nitrogen and oxygen atoms in total. The number of anilines is 2. The summed E-state index contributed by atoms with van der Waals surface area (Å²) >= 11 is 0. The van der Waals surface area contributed by atoms with Gasteiger partial charge in [-0.05, 0) is 61.0 Å². The normalized spacial score (nSPS) is 15.6. The zero-order valence-electron chi connectivity index (χ0n) is 19.4. The van der Waals surface area contributed by atoms with Crippen LogP contribution >= 0.6 is 0 Å². The van der Waals surface area contributed by atoms with Gasteiger partial charge in [0, 0.05) is 49.2 Å². The lowest BCUT2D eigenvalue weighted by atomic mass is 10.1. The number of carbonyl (C=O) groups excluding carboxylic acids is 1. The maximum atomic E-state index is 13.0. The van der Waals surface area contributed by atoms with Gasteiger partial charge in [0.25, 0.3) is 15.9 Å². The fourth-order valence-electron chi connectivity index (χ4n) is 4.26. The van der Waals surface area contributed by atoms with Crippen LogP contribution in [0.5, 0.6) is 11.5 Å². The Morgan fingerprint density at radius 2 is 1.57 bits per heavy atom. The van der Waals surface area contributed by atoms with Crippen LogP contribution in [0, 0.1) is 6.92 Å². The molecule has 0 aromatic heterocycles. The van der Waals surface area contributed by atoms with Crippen molar-refractivity contribution in [2.45, 2.75) is 11.8 Å². The molecule has 2 aliphatic heterocycles. The Hall–Kier alpha value is -3.72. The van der Waals surface area contributed by atoms with Gasteiger partial charge in [-0.25, -0.2) is 8.42 Å². The molecule has 1 N–H and O–H groups in total. The molecule has 3 aromatic carbocycles. The van der Waals surface area contributed by atoms with Gasteiger partial charge in [-0.15, -0.1) is 0 Å². The van der Waals surface area contributed by atoms with Crippen LogP contribution in [-0.2, 0) is 10.0 Å². The zero-order chi connectivity index (χ0) is 24.4. The van der Waals surface area contributed by atoms with Crippen molar-refractivity contribution in [1.82, 2.24) is 4.90 Å². The summed E-state index contributed by atoms with van der Waals surface area (Å²) in [5.74, 6) is 0.871. The first kappa shape index (κ1) is 23.0. The number of nitrogens with one attached hydrogen (secondary N) is 1. The first-order valence-corrected chi connectivity index (χ1v) is 13.0. The van der Waals surface area contributed by atoms with E-state index in [1.807, 2.05) is 11.0 Å². The van der Waals surface area contributed by atoms with Crippen molar-refractivity contribution in [3.8, 4) is 11.5 Å². The van der Waals surface area contributed by atoms with E-state index in [4.69, 9.17) is 9.47 Å². The highest BCUT2D eigenvalue weighted by Crippen LogP contribution is 2.32. The van der Waals surface area contributed by atoms with Gasteiger partial charge in [0.15, 0.2) is 11.5 Å². The minimum Gasteiger partial charge on any atom is -0.486 e. The molecule has 1 fully saturated rings. The standard InChI is InChI=1S/C26H27N3O5S/c1-19-3-2-4-22(17-19)28-11-13-29(14-12-28)26(30)20-5-7-21(8-6-20)27-35(31,32)23-9-10-24-25(18-23)34-16-15-33-24/h2-10,17-18,27H,11-16H2,1H3. The number of benzene rings is 3. The van der Waals surface area contributed by atoms with Crippen molar-refractivity contribution in [2.75, 3.05) is 49.0 Å². The van der Waals surface area contributed by atoms with Gasteiger partial charge in [-0.1, -0.05) is 12.1 Å². The molecule has 0 unspecified atom stereocenters. The van der Waals surface area contributed by atoms with E-state index in [1.165, 1.54) is 23.4 Å². The number of amides is 1. The Morgan fingerprint density at radius 1 is 0.857 bits per heavy atom. The van der Waals surface area contributed by atoms with Crippen LogP contribution < -0.4 is 19.1 Å². The van der Waals surface area contributed by atoms with E-state index in [1.54, 1.807) is 30.3 Å². The Labute approximate surface area is 205 Å². The van der Waals surface area contributed by atoms with Crippen molar-refractivity contribution >= 4 is 27.3 Å². The highest BCUT2D eigenvalue weighted by atomic mass is 32.2. The monoisotopic (exact) mass is 493 g/mol. The van der Waals surface area contributed by atoms with Gasteiger partial charge in [0.1, 0.15) is 13.2 Å². The topological polar surface area (TPSA) is 88.2 Å². The molecule has 2 heterocycles. The van der Waals surface area contributed by atoms with Crippen molar-refractivity contribution in [3.05, 3.63) is 77.9 Å². The van der Waals surface area contributed by atoms with Crippen molar-refractivity contribution in [3.63, 3.8) is 0 Å². The molecule has 1 saturated heterocycles. The maximum Gasteiger partial charge on any atom is 0.262 e. The van der Waals surface area contributed by atoms with Crippen molar-refractivity contribution in [2.24, 2.45) is 0 Å². The quantitative estimate of drug-likeness (QED) is 0.585. The van der Waals surface area contributed by atoms with Crippen LogP contribution in [-0.4, -0.2) is 58.6 Å². The highest BCUT2D eigenvalue weighted by Gasteiger charge is 2.23. The van der Waals surface area contributed by atoms with Crippen molar-refractivity contribution < 1.29 is 22.7 Å². The van der Waals surface area contributed by atoms with Crippen LogP contribution in [0.25, 0.3) is 0 Å². The first-order chi connectivity index (χ1) is 16.9. The summed E-state index contributed by atoms with van der Waals surface area (Å²) < 4.78 is 39.2. The summed E-state index contributed by atoms with van der Waals surface area (Å²) in [4.78, 5) is 17.2. The predicted octanol–water partition coefficient (Wildman–Crippen LogP) is 3.53. The molecule has 1 amide bonds. The molecule has 0 saturated carbocycles. The Kier molecular flexibility index (Phi) is 6.25. The largest absolute Gasteiger partial charge is 0.486 e. The average molecular weight is 494 g/mol. The van der Waals surface area contributed by atoms with E-state index in [-0.39, 0.29) is 10.8 Å². The Morgan fingerprint density at radius 3 is 2.29 bits per heavy atom. The molecule has 0 spiro atoms. The summed E-state index contributed by atoms with van der Waals surface area (Å²) in [7, 11) is -3.82. The van der Waals surface area contributed by atoms with Gasteiger partial charge in [-0.2, -0.15) is 0 Å². The lowest BCUT2D eigenvalue weighted by Crippen LogP contribution is -2.48. The number of piperazine rings is 1. The number of hydrogen-bond donors (Lipinski definition) is 1. The molecular formula is C26H27N3O5S. The van der Waals surface area contributed by atoms with E-state index in [0.29, 0.717) is 49.1 Å². The molecule has 3 aromatic rings. The number of aryl methyl sites for hydroxylation is 1. The smallest absolute Gasteiger partial charge is 0.262 e. The Balaban J connectivity index is 1.21. The molecule has 182 valence electrons. The molecule has 2 aliphatic rings. The van der Waals surface area contributed by atoms with Crippen LogP contribution in [0.15, 0.2) is 71.6 Å². The number of ether oxygens (including phenoxy) is 2. The van der Waals surface area contributed by atoms with Crippen LogP contribution in [0.4, 0.5) is 11.4 Å². The van der Waals surface area contributed by atoms with E-state index in [2.05, 4.69) is 34.7 Å². The lowest BCUT2D eigenvalue weighted by molar-refractivity contribution is 0.0747. The van der Waals surface area contributed by atoms with Gasteiger partial charge >= 0.3 is 0 Å². The third kappa shape index (κ3) is 5.05. The maximum absolute atomic E-state index is 13.0. The SMILES string of the molecule is Cc1cccc(N2CCN(C(=O)c3ccc(NS(=O)(=O)c4ccc5c(c4)OCCO5)cc3)CC2)c1. The van der Waals surface area contributed by atoms with Crippen molar-refractivity contribution in [1.29, 1.82) is 0 Å². The van der Waals surface area contributed by atoms with Crippen LogP contribution in [0.2, 0.25) is 0 Å². The molecular weight excluding hydrogens is 466 g/mol. The van der Waals surface area contributed by atoms with E-state index in [0.717, 1.165) is 13.1 Å². The number of carbonyl (C=O) groups is 1. The zero-order valence-corrected chi connectivity index (χ0v) is 20.3. The predicted molar refractivity (Wildman–Crippen MR) is 134 cm³/mol. The number of sulfonamides is 1. The second-order valence-electron chi connectivity index (χ2n) is 8.61. The fraction of sp³-hybridized carbons (Fsp3) is 0.269. The highest BCUT2D eigenvalue weighted by molar-refractivity contribution is 7.92. The minimum absolute atomic E-state index is 0.0601. The van der Waals surface area contributed by atoms with Crippen LogP contribution in [0.3, 0.4) is 0 Å². The first-order valence-electron chi connectivity index (χ1n) is 11.5. The second kappa shape index (κ2) is 9.50. The number of hydrogen-bond acceptors (Lipinski definition) is 6. The Bertz CT molecular complexity index is 1330. The fourth-order valence-corrected chi connectivity index (χ4v) is 5.33. The molecule has 35 heavy (non-hydrogen) atoms.